The van der Waals surface area contributed by atoms with Gasteiger partial charge in [-0.1, -0.05) is 18.2 Å². The van der Waals surface area contributed by atoms with E-state index in [1.807, 2.05) is 19.2 Å². The maximum Gasteiger partial charge on any atom is 0.132 e. The molecule has 2 N–H and O–H groups in total. The van der Waals surface area contributed by atoms with Crippen molar-refractivity contribution in [3.63, 3.8) is 0 Å². The summed E-state index contributed by atoms with van der Waals surface area (Å²) in [6.45, 7) is 5.05. The Morgan fingerprint density at radius 3 is 2.47 bits per heavy atom. The highest BCUT2D eigenvalue weighted by molar-refractivity contribution is 5.25. The van der Waals surface area contributed by atoms with Gasteiger partial charge in [-0.2, -0.15) is 0 Å². The first-order chi connectivity index (χ1) is 7.06. The van der Waals surface area contributed by atoms with Crippen LogP contribution in [0.25, 0.3) is 0 Å². The van der Waals surface area contributed by atoms with Gasteiger partial charge in [-0.15, -0.1) is 0 Å². The van der Waals surface area contributed by atoms with Gasteiger partial charge < -0.3 is 5.73 Å². The van der Waals surface area contributed by atoms with Gasteiger partial charge in [0.15, 0.2) is 0 Å². The molecule has 0 atom stereocenters. The third-order valence-electron chi connectivity index (χ3n) is 2.68. The standard InChI is InChI=1S/C12H19FN2/c1-9(2)15(3)8-11-6-4-5-10(7-14)12(11)13/h4-6,9H,7-8,14H2,1-3H3. The van der Waals surface area contributed by atoms with Crippen LogP contribution in [0.5, 0.6) is 0 Å². The van der Waals surface area contributed by atoms with Crippen molar-refractivity contribution >= 4 is 0 Å². The Morgan fingerprint density at radius 1 is 1.33 bits per heavy atom. The van der Waals surface area contributed by atoms with E-state index in [9.17, 15) is 4.39 Å². The van der Waals surface area contributed by atoms with Crippen LogP contribution >= 0.6 is 0 Å². The van der Waals surface area contributed by atoms with Crippen LogP contribution in [0.4, 0.5) is 4.39 Å². The van der Waals surface area contributed by atoms with Crippen LogP contribution in [-0.2, 0) is 13.1 Å². The Morgan fingerprint density at radius 2 is 1.93 bits per heavy atom. The van der Waals surface area contributed by atoms with E-state index in [0.29, 0.717) is 23.7 Å². The lowest BCUT2D eigenvalue weighted by Gasteiger charge is -2.21. The Hall–Kier alpha value is -0.930. The Kier molecular flexibility index (Phi) is 4.24. The smallest absolute Gasteiger partial charge is 0.132 e. The zero-order valence-corrected chi connectivity index (χ0v) is 9.63. The number of hydrogen-bond acceptors (Lipinski definition) is 2. The number of nitrogens with two attached hydrogens (primary N) is 1. The van der Waals surface area contributed by atoms with Gasteiger partial charge >= 0.3 is 0 Å². The molecule has 0 heterocycles. The van der Waals surface area contributed by atoms with Crippen LogP contribution in [0.2, 0.25) is 0 Å². The molecule has 3 heteroatoms. The van der Waals surface area contributed by atoms with Crippen molar-refractivity contribution in [1.82, 2.24) is 4.90 Å². The Labute approximate surface area is 90.9 Å². The van der Waals surface area contributed by atoms with Crippen LogP contribution < -0.4 is 5.73 Å². The van der Waals surface area contributed by atoms with Gasteiger partial charge in [0, 0.05) is 30.3 Å². The summed E-state index contributed by atoms with van der Waals surface area (Å²) in [4.78, 5) is 2.10. The minimum Gasteiger partial charge on any atom is -0.326 e. The van der Waals surface area contributed by atoms with Crippen LogP contribution in [0.1, 0.15) is 25.0 Å². The van der Waals surface area contributed by atoms with Gasteiger partial charge in [-0.05, 0) is 20.9 Å². The maximum absolute atomic E-state index is 13.8. The molecule has 0 spiro atoms. The van der Waals surface area contributed by atoms with Gasteiger partial charge in [0.25, 0.3) is 0 Å². The first-order valence-corrected chi connectivity index (χ1v) is 5.22. The quantitative estimate of drug-likeness (QED) is 0.825. The summed E-state index contributed by atoms with van der Waals surface area (Å²) in [7, 11) is 1.99. The molecule has 0 fully saturated rings. The summed E-state index contributed by atoms with van der Waals surface area (Å²) >= 11 is 0. The van der Waals surface area contributed by atoms with Crippen LogP contribution in [-0.4, -0.2) is 18.0 Å². The fourth-order valence-electron chi connectivity index (χ4n) is 1.36. The van der Waals surface area contributed by atoms with Gasteiger partial charge in [0.2, 0.25) is 0 Å². The lowest BCUT2D eigenvalue weighted by molar-refractivity contribution is 0.262. The molecule has 0 aliphatic carbocycles. The SMILES string of the molecule is CC(C)N(C)Cc1cccc(CN)c1F. The summed E-state index contributed by atoms with van der Waals surface area (Å²) in [6, 6.07) is 5.81. The van der Waals surface area contributed by atoms with Crippen molar-refractivity contribution in [2.75, 3.05) is 7.05 Å². The molecule has 0 aliphatic heterocycles. The van der Waals surface area contributed by atoms with Crippen molar-refractivity contribution in [3.8, 4) is 0 Å². The van der Waals surface area contributed by atoms with E-state index in [-0.39, 0.29) is 12.4 Å². The number of rotatable bonds is 4. The molecule has 2 nitrogen and oxygen atoms in total. The monoisotopic (exact) mass is 210 g/mol. The summed E-state index contributed by atoms with van der Waals surface area (Å²) in [6.07, 6.45) is 0. The van der Waals surface area contributed by atoms with E-state index < -0.39 is 0 Å². The summed E-state index contributed by atoms with van der Waals surface area (Å²) in [5, 5.41) is 0. The maximum atomic E-state index is 13.8. The predicted octanol–water partition coefficient (Wildman–Crippen LogP) is 2.12. The molecular weight excluding hydrogens is 191 g/mol. The fraction of sp³-hybridized carbons (Fsp3) is 0.500. The van der Waals surface area contributed by atoms with Gasteiger partial charge in [-0.25, -0.2) is 4.39 Å². The first kappa shape index (κ1) is 12.1. The van der Waals surface area contributed by atoms with Crippen LogP contribution in [0, 0.1) is 5.82 Å². The number of hydrogen-bond donors (Lipinski definition) is 1. The highest BCUT2D eigenvalue weighted by Crippen LogP contribution is 2.14. The molecule has 0 radical (unpaired) electrons. The summed E-state index contributed by atoms with van der Waals surface area (Å²) < 4.78 is 13.8. The molecule has 1 aromatic rings. The summed E-state index contributed by atoms with van der Waals surface area (Å²) in [5.41, 5.74) is 6.76. The van der Waals surface area contributed by atoms with Crippen LogP contribution in [0.3, 0.4) is 0 Å². The fourth-order valence-corrected chi connectivity index (χ4v) is 1.36. The largest absolute Gasteiger partial charge is 0.326 e. The van der Waals surface area contributed by atoms with Crippen LogP contribution in [0.15, 0.2) is 18.2 Å². The van der Waals surface area contributed by atoms with Crippen molar-refractivity contribution in [2.24, 2.45) is 5.73 Å². The number of halogens is 1. The van der Waals surface area contributed by atoms with Crippen molar-refractivity contribution in [3.05, 3.63) is 35.1 Å². The molecule has 0 amide bonds. The second kappa shape index (κ2) is 5.24. The van der Waals surface area contributed by atoms with E-state index in [1.165, 1.54) is 0 Å². The van der Waals surface area contributed by atoms with Gasteiger partial charge in [0.1, 0.15) is 5.82 Å². The predicted molar refractivity (Wildman–Crippen MR) is 60.9 cm³/mol. The zero-order chi connectivity index (χ0) is 11.4. The van der Waals surface area contributed by atoms with Gasteiger partial charge in [-0.3, -0.25) is 4.90 Å². The molecule has 0 saturated heterocycles. The third-order valence-corrected chi connectivity index (χ3v) is 2.68. The minimum atomic E-state index is -0.160. The average Bonchev–Trinajstić information content (AvgIpc) is 2.21. The molecule has 1 rings (SSSR count). The molecule has 0 aliphatic rings. The lowest BCUT2D eigenvalue weighted by Crippen LogP contribution is -2.26. The van der Waals surface area contributed by atoms with E-state index >= 15 is 0 Å². The minimum absolute atomic E-state index is 0.160. The normalized spacial score (nSPS) is 11.4. The first-order valence-electron chi connectivity index (χ1n) is 5.22. The van der Waals surface area contributed by atoms with E-state index in [0.717, 1.165) is 0 Å². The molecule has 0 bridgehead atoms. The highest BCUT2D eigenvalue weighted by atomic mass is 19.1. The van der Waals surface area contributed by atoms with Gasteiger partial charge in [0.05, 0.1) is 0 Å². The Balaban J connectivity index is 2.86. The lowest BCUT2D eigenvalue weighted by atomic mass is 10.1. The zero-order valence-electron chi connectivity index (χ0n) is 9.63. The van der Waals surface area contributed by atoms with E-state index in [4.69, 9.17) is 5.73 Å². The van der Waals surface area contributed by atoms with Crippen molar-refractivity contribution in [1.29, 1.82) is 0 Å². The summed E-state index contributed by atoms with van der Waals surface area (Å²) in [5.74, 6) is -0.160. The number of benzene rings is 1. The molecule has 0 saturated carbocycles. The van der Waals surface area contributed by atoms with Crippen molar-refractivity contribution < 1.29 is 4.39 Å². The topological polar surface area (TPSA) is 29.3 Å². The molecule has 0 aromatic heterocycles. The molecular formula is C12H19FN2. The molecule has 84 valence electrons. The van der Waals surface area contributed by atoms with Crippen molar-refractivity contribution in [2.45, 2.75) is 33.0 Å². The molecule has 15 heavy (non-hydrogen) atoms. The number of nitrogens with zero attached hydrogens (tertiary/aromatic N) is 1. The second-order valence-electron chi connectivity index (χ2n) is 4.10. The van der Waals surface area contributed by atoms with E-state index in [2.05, 4.69) is 18.7 Å². The van der Waals surface area contributed by atoms with E-state index in [1.54, 1.807) is 6.07 Å². The Bertz CT molecular complexity index is 323. The molecule has 1 aromatic carbocycles. The second-order valence-corrected chi connectivity index (χ2v) is 4.10. The highest BCUT2D eigenvalue weighted by Gasteiger charge is 2.10. The average molecular weight is 210 g/mol. The molecule has 0 unspecified atom stereocenters. The third kappa shape index (κ3) is 3.01.